The van der Waals surface area contributed by atoms with E-state index in [9.17, 15) is 4.39 Å². The van der Waals surface area contributed by atoms with Gasteiger partial charge in [-0.15, -0.1) is 0 Å². The maximum atomic E-state index is 13.9. The Hall–Kier alpha value is -1.68. The lowest BCUT2D eigenvalue weighted by molar-refractivity contribution is 0.182. The lowest BCUT2D eigenvalue weighted by atomic mass is 10.1. The number of hydrogen-bond donors (Lipinski definition) is 1. The van der Waals surface area contributed by atoms with E-state index in [0.29, 0.717) is 17.8 Å². The van der Waals surface area contributed by atoms with Crippen molar-refractivity contribution in [3.05, 3.63) is 35.3 Å². The Balaban J connectivity index is 2.73. The largest absolute Gasteiger partial charge is 0.388 e. The number of halogens is 1. The van der Waals surface area contributed by atoms with Crippen LogP contribution in [0, 0.1) is 12.7 Å². The highest BCUT2D eigenvalue weighted by Gasteiger charge is 2.09. The van der Waals surface area contributed by atoms with Gasteiger partial charge in [0.15, 0.2) is 0 Å². The SMILES string of the molecule is CNc1cc(COC)nc2c(F)cc(C)cc12. The standard InChI is InChI=1S/C13H15FN2O/c1-8-4-10-12(15-2)6-9(7-17-3)16-13(10)11(14)5-8/h4-6H,7H2,1-3H3,(H,15,16). The van der Waals surface area contributed by atoms with Gasteiger partial charge in [0.1, 0.15) is 11.3 Å². The summed E-state index contributed by atoms with van der Waals surface area (Å²) in [6.07, 6.45) is 0. The second-order valence-electron chi connectivity index (χ2n) is 3.99. The molecular formula is C13H15FN2O. The second-order valence-corrected chi connectivity index (χ2v) is 3.99. The van der Waals surface area contributed by atoms with E-state index in [1.807, 2.05) is 26.1 Å². The number of hydrogen-bond acceptors (Lipinski definition) is 3. The van der Waals surface area contributed by atoms with Crippen molar-refractivity contribution in [1.29, 1.82) is 0 Å². The molecule has 0 radical (unpaired) electrons. The van der Waals surface area contributed by atoms with E-state index in [2.05, 4.69) is 10.3 Å². The van der Waals surface area contributed by atoms with Crippen LogP contribution in [0.3, 0.4) is 0 Å². The lowest BCUT2D eigenvalue weighted by Crippen LogP contribution is -1.99. The van der Waals surface area contributed by atoms with Crippen LogP contribution in [-0.4, -0.2) is 19.1 Å². The molecule has 1 N–H and O–H groups in total. The summed E-state index contributed by atoms with van der Waals surface area (Å²) in [5.74, 6) is -0.297. The monoisotopic (exact) mass is 234 g/mol. The Morgan fingerprint density at radius 3 is 2.76 bits per heavy atom. The molecule has 0 aliphatic carbocycles. The van der Waals surface area contributed by atoms with Crippen LogP contribution in [0.1, 0.15) is 11.3 Å². The number of nitrogens with one attached hydrogen (secondary N) is 1. The zero-order valence-electron chi connectivity index (χ0n) is 10.2. The first-order valence-electron chi connectivity index (χ1n) is 5.42. The average molecular weight is 234 g/mol. The van der Waals surface area contributed by atoms with Crippen molar-refractivity contribution in [1.82, 2.24) is 4.98 Å². The van der Waals surface area contributed by atoms with Gasteiger partial charge in [0.25, 0.3) is 0 Å². The highest BCUT2D eigenvalue weighted by molar-refractivity contribution is 5.92. The third-order valence-corrected chi connectivity index (χ3v) is 2.63. The molecule has 0 aliphatic rings. The van der Waals surface area contributed by atoms with Crippen LogP contribution in [-0.2, 0) is 11.3 Å². The van der Waals surface area contributed by atoms with Gasteiger partial charge in [0, 0.05) is 25.2 Å². The van der Waals surface area contributed by atoms with Gasteiger partial charge in [-0.25, -0.2) is 9.37 Å². The van der Waals surface area contributed by atoms with Crippen LogP contribution in [0.15, 0.2) is 18.2 Å². The molecule has 1 aromatic carbocycles. The van der Waals surface area contributed by atoms with E-state index in [0.717, 1.165) is 16.6 Å². The van der Waals surface area contributed by atoms with Gasteiger partial charge >= 0.3 is 0 Å². The minimum absolute atomic E-state index is 0.297. The normalized spacial score (nSPS) is 10.8. The molecule has 3 nitrogen and oxygen atoms in total. The number of benzene rings is 1. The smallest absolute Gasteiger partial charge is 0.149 e. The summed E-state index contributed by atoms with van der Waals surface area (Å²) in [4.78, 5) is 4.27. The summed E-state index contributed by atoms with van der Waals surface area (Å²) in [7, 11) is 3.40. The summed E-state index contributed by atoms with van der Waals surface area (Å²) < 4.78 is 18.9. The number of rotatable bonds is 3. The molecule has 2 rings (SSSR count). The highest BCUT2D eigenvalue weighted by atomic mass is 19.1. The van der Waals surface area contributed by atoms with Crippen molar-refractivity contribution in [3.8, 4) is 0 Å². The Labute approximate surface area is 99.6 Å². The van der Waals surface area contributed by atoms with Crippen molar-refractivity contribution in [2.24, 2.45) is 0 Å². The maximum Gasteiger partial charge on any atom is 0.149 e. The first-order valence-corrected chi connectivity index (χ1v) is 5.42. The molecule has 0 aliphatic heterocycles. The third-order valence-electron chi connectivity index (χ3n) is 2.63. The summed E-state index contributed by atoms with van der Waals surface area (Å²) in [6, 6.07) is 5.30. The van der Waals surface area contributed by atoms with E-state index in [1.54, 1.807) is 7.11 Å². The molecule has 90 valence electrons. The zero-order valence-corrected chi connectivity index (χ0v) is 10.2. The van der Waals surface area contributed by atoms with Gasteiger partial charge in [-0.3, -0.25) is 0 Å². The second kappa shape index (κ2) is 4.67. The molecule has 1 aromatic heterocycles. The molecule has 0 atom stereocenters. The summed E-state index contributed by atoms with van der Waals surface area (Å²) >= 11 is 0. The first kappa shape index (κ1) is 11.8. The van der Waals surface area contributed by atoms with E-state index in [-0.39, 0.29) is 5.82 Å². The quantitative estimate of drug-likeness (QED) is 0.886. The molecular weight excluding hydrogens is 219 g/mol. The van der Waals surface area contributed by atoms with Crippen molar-refractivity contribution in [2.45, 2.75) is 13.5 Å². The Morgan fingerprint density at radius 2 is 2.12 bits per heavy atom. The molecule has 0 unspecified atom stereocenters. The number of aromatic nitrogens is 1. The van der Waals surface area contributed by atoms with Crippen LogP contribution in [0.25, 0.3) is 10.9 Å². The van der Waals surface area contributed by atoms with Crippen molar-refractivity contribution >= 4 is 16.6 Å². The van der Waals surface area contributed by atoms with Crippen LogP contribution in [0.4, 0.5) is 10.1 Å². The molecule has 0 amide bonds. The fourth-order valence-electron chi connectivity index (χ4n) is 1.90. The van der Waals surface area contributed by atoms with Crippen molar-refractivity contribution in [2.75, 3.05) is 19.5 Å². The predicted octanol–water partition coefficient (Wildman–Crippen LogP) is 2.87. The minimum atomic E-state index is -0.297. The molecule has 0 spiro atoms. The van der Waals surface area contributed by atoms with Gasteiger partial charge in [-0.1, -0.05) is 0 Å². The molecule has 2 aromatic rings. The van der Waals surface area contributed by atoms with Crippen LogP contribution < -0.4 is 5.32 Å². The molecule has 0 saturated carbocycles. The number of pyridine rings is 1. The molecule has 1 heterocycles. The van der Waals surface area contributed by atoms with Gasteiger partial charge in [0.2, 0.25) is 0 Å². The molecule has 4 heteroatoms. The topological polar surface area (TPSA) is 34.1 Å². The molecule has 0 bridgehead atoms. The van der Waals surface area contributed by atoms with Crippen LogP contribution in [0.2, 0.25) is 0 Å². The Bertz CT molecular complexity index is 555. The summed E-state index contributed by atoms with van der Waals surface area (Å²) in [6.45, 7) is 2.24. The van der Waals surface area contributed by atoms with Gasteiger partial charge in [-0.2, -0.15) is 0 Å². The van der Waals surface area contributed by atoms with Crippen molar-refractivity contribution in [3.63, 3.8) is 0 Å². The number of fused-ring (bicyclic) bond motifs is 1. The fourth-order valence-corrected chi connectivity index (χ4v) is 1.90. The minimum Gasteiger partial charge on any atom is -0.388 e. The zero-order chi connectivity index (χ0) is 12.4. The fraction of sp³-hybridized carbons (Fsp3) is 0.308. The summed E-state index contributed by atoms with van der Waals surface area (Å²) in [5, 5.41) is 3.86. The van der Waals surface area contributed by atoms with Crippen LogP contribution >= 0.6 is 0 Å². The highest BCUT2D eigenvalue weighted by Crippen LogP contribution is 2.26. The van der Waals surface area contributed by atoms with E-state index in [1.165, 1.54) is 6.07 Å². The van der Waals surface area contributed by atoms with E-state index < -0.39 is 0 Å². The predicted molar refractivity (Wildman–Crippen MR) is 66.7 cm³/mol. The van der Waals surface area contributed by atoms with E-state index in [4.69, 9.17) is 4.74 Å². The summed E-state index contributed by atoms with van der Waals surface area (Å²) in [5.41, 5.74) is 2.85. The number of methoxy groups -OCH3 is 1. The van der Waals surface area contributed by atoms with Gasteiger partial charge in [-0.05, 0) is 30.7 Å². The molecule has 0 fully saturated rings. The van der Waals surface area contributed by atoms with Gasteiger partial charge < -0.3 is 10.1 Å². The number of aryl methyl sites for hydroxylation is 1. The number of ether oxygens (including phenoxy) is 1. The Kier molecular flexibility index (Phi) is 3.24. The number of anilines is 1. The third kappa shape index (κ3) is 2.22. The first-order chi connectivity index (χ1) is 8.15. The van der Waals surface area contributed by atoms with Crippen LogP contribution in [0.5, 0.6) is 0 Å². The average Bonchev–Trinajstić information content (AvgIpc) is 2.29. The van der Waals surface area contributed by atoms with E-state index >= 15 is 0 Å². The van der Waals surface area contributed by atoms with Gasteiger partial charge in [0.05, 0.1) is 12.3 Å². The van der Waals surface area contributed by atoms with Crippen molar-refractivity contribution < 1.29 is 9.13 Å². The Morgan fingerprint density at radius 1 is 1.35 bits per heavy atom. The maximum absolute atomic E-state index is 13.9. The number of nitrogens with zero attached hydrogens (tertiary/aromatic N) is 1. The lowest BCUT2D eigenvalue weighted by Gasteiger charge is -2.10. The molecule has 0 saturated heterocycles. The molecule has 17 heavy (non-hydrogen) atoms.